The molecule has 1 atom stereocenters. The van der Waals surface area contributed by atoms with E-state index in [0.29, 0.717) is 5.56 Å². The molecule has 0 aromatic heterocycles. The van der Waals surface area contributed by atoms with Crippen LogP contribution in [0.25, 0.3) is 0 Å². The average Bonchev–Trinajstić information content (AvgIpc) is 2.43. The summed E-state index contributed by atoms with van der Waals surface area (Å²) in [5, 5.41) is 0. The normalized spacial score (nSPS) is 11.4. The molecule has 0 saturated carbocycles. The van der Waals surface area contributed by atoms with E-state index in [2.05, 4.69) is 15.4 Å². The summed E-state index contributed by atoms with van der Waals surface area (Å²) in [7, 11) is 0. The van der Waals surface area contributed by atoms with E-state index < -0.39 is 23.9 Å². The third-order valence-electron chi connectivity index (χ3n) is 2.74. The van der Waals surface area contributed by atoms with Crippen LogP contribution in [-0.4, -0.2) is 23.9 Å². The second-order valence-electron chi connectivity index (χ2n) is 4.46. The molecule has 0 saturated heterocycles. The predicted octanol–water partition coefficient (Wildman–Crippen LogP) is 1.24. The Bertz CT molecular complexity index is 572. The van der Waals surface area contributed by atoms with E-state index in [9.17, 15) is 14.4 Å². The molecule has 1 aromatic carbocycles. The third-order valence-corrected chi connectivity index (χ3v) is 2.74. The smallest absolute Gasteiger partial charge is 0.385 e. The number of hydrogen-bond donors (Lipinski definition) is 2. The second-order valence-corrected chi connectivity index (χ2v) is 4.46. The summed E-state index contributed by atoms with van der Waals surface area (Å²) in [5.41, 5.74) is 8.69. The zero-order valence-corrected chi connectivity index (χ0v) is 12.5. The first kappa shape index (κ1) is 17.4. The number of hydrogen-bond acceptors (Lipinski definition) is 7. The molecule has 8 heteroatoms. The number of esters is 1. The van der Waals surface area contributed by atoms with Gasteiger partial charge >= 0.3 is 11.9 Å². The molecule has 1 aromatic rings. The fourth-order valence-corrected chi connectivity index (χ4v) is 1.74. The Hall–Kier alpha value is -2.61. The monoisotopic (exact) mass is 310 g/mol. The summed E-state index contributed by atoms with van der Waals surface area (Å²) in [4.78, 5) is 42.9. The highest BCUT2D eigenvalue weighted by atomic mass is 17.3. The minimum absolute atomic E-state index is 0.213. The van der Waals surface area contributed by atoms with Gasteiger partial charge in [-0.05, 0) is 25.0 Å². The van der Waals surface area contributed by atoms with E-state index in [1.807, 2.05) is 0 Å². The molecule has 0 bridgehead atoms. The fourth-order valence-electron chi connectivity index (χ4n) is 1.74. The van der Waals surface area contributed by atoms with E-state index in [1.165, 1.54) is 13.0 Å². The number of carbonyl (C=O) groups is 3. The predicted molar refractivity (Wildman–Crippen MR) is 76.3 cm³/mol. The summed E-state index contributed by atoms with van der Waals surface area (Å²) in [6.45, 7) is 4.53. The number of amides is 1. The highest BCUT2D eigenvalue weighted by Crippen LogP contribution is 2.19. The lowest BCUT2D eigenvalue weighted by atomic mass is 10.1. The van der Waals surface area contributed by atoms with Crippen molar-refractivity contribution >= 4 is 23.5 Å². The van der Waals surface area contributed by atoms with Crippen LogP contribution in [0.4, 0.5) is 5.69 Å². The molecule has 120 valence electrons. The van der Waals surface area contributed by atoms with Crippen LogP contribution < -0.4 is 11.2 Å². The summed E-state index contributed by atoms with van der Waals surface area (Å²) in [5.74, 6) is -2.13. The summed E-state index contributed by atoms with van der Waals surface area (Å²) < 4.78 is 4.75. The number of primary amides is 1. The highest BCUT2D eigenvalue weighted by molar-refractivity contribution is 5.99. The molecular formula is C14H18N2O6. The topological polar surface area (TPSA) is 117 Å². The van der Waals surface area contributed by atoms with Gasteiger partial charge in [0.2, 0.25) is 6.10 Å². The number of nitrogens with one attached hydrogen (secondary N) is 1. The van der Waals surface area contributed by atoms with Crippen molar-refractivity contribution in [1.82, 2.24) is 0 Å². The maximum Gasteiger partial charge on any atom is 0.385 e. The van der Waals surface area contributed by atoms with Crippen LogP contribution in [0, 0.1) is 6.92 Å². The van der Waals surface area contributed by atoms with E-state index >= 15 is 0 Å². The van der Waals surface area contributed by atoms with Crippen molar-refractivity contribution in [3.8, 4) is 0 Å². The average molecular weight is 310 g/mol. The van der Waals surface area contributed by atoms with Gasteiger partial charge in [0.1, 0.15) is 0 Å². The number of carbonyl (C=O) groups excluding carboxylic acids is 3. The first-order valence-corrected chi connectivity index (χ1v) is 6.56. The van der Waals surface area contributed by atoms with Gasteiger partial charge in [-0.3, -0.25) is 14.5 Å². The van der Waals surface area contributed by atoms with Crippen LogP contribution in [0.3, 0.4) is 0 Å². The van der Waals surface area contributed by atoms with E-state index in [4.69, 9.17) is 10.5 Å². The SMILES string of the molecule is CCC(OC(C)=O)C(=O)OONc1cccc(C)c1C(N)=O. The first-order valence-electron chi connectivity index (χ1n) is 6.56. The van der Waals surface area contributed by atoms with E-state index in [1.54, 1.807) is 26.0 Å². The Morgan fingerprint density at radius 2 is 2.00 bits per heavy atom. The van der Waals surface area contributed by atoms with Gasteiger partial charge in [-0.2, -0.15) is 0 Å². The molecule has 0 heterocycles. The lowest BCUT2D eigenvalue weighted by Gasteiger charge is -2.14. The third kappa shape index (κ3) is 4.74. The molecule has 1 amide bonds. The molecule has 22 heavy (non-hydrogen) atoms. The molecule has 0 aliphatic carbocycles. The quantitative estimate of drug-likeness (QED) is 0.442. The summed E-state index contributed by atoms with van der Waals surface area (Å²) >= 11 is 0. The summed E-state index contributed by atoms with van der Waals surface area (Å²) in [6, 6.07) is 4.90. The van der Waals surface area contributed by atoms with Crippen LogP contribution >= 0.6 is 0 Å². The molecule has 0 radical (unpaired) electrons. The van der Waals surface area contributed by atoms with Gasteiger partial charge in [-0.25, -0.2) is 10.3 Å². The Balaban J connectivity index is 2.64. The van der Waals surface area contributed by atoms with Crippen molar-refractivity contribution in [2.75, 3.05) is 5.48 Å². The molecule has 0 fully saturated rings. The van der Waals surface area contributed by atoms with Crippen LogP contribution in [0.1, 0.15) is 36.2 Å². The van der Waals surface area contributed by atoms with Gasteiger partial charge < -0.3 is 10.5 Å². The Labute approximate surface area is 127 Å². The minimum Gasteiger partial charge on any atom is -0.450 e. The van der Waals surface area contributed by atoms with Crippen molar-refractivity contribution in [3.63, 3.8) is 0 Å². The van der Waals surface area contributed by atoms with E-state index in [-0.39, 0.29) is 17.7 Å². The van der Waals surface area contributed by atoms with Gasteiger partial charge in [0, 0.05) is 6.92 Å². The van der Waals surface area contributed by atoms with Gasteiger partial charge in [-0.1, -0.05) is 24.0 Å². The number of rotatable bonds is 7. The number of ether oxygens (including phenoxy) is 1. The molecule has 0 spiro atoms. The largest absolute Gasteiger partial charge is 0.450 e. The maximum absolute atomic E-state index is 11.6. The minimum atomic E-state index is -1.06. The van der Waals surface area contributed by atoms with Crippen molar-refractivity contribution in [1.29, 1.82) is 0 Å². The molecule has 1 rings (SSSR count). The fraction of sp³-hybridized carbons (Fsp3) is 0.357. The molecule has 1 unspecified atom stereocenters. The molecular weight excluding hydrogens is 292 g/mol. The number of nitrogens with two attached hydrogens (primary N) is 1. The second kappa shape index (κ2) is 7.99. The maximum atomic E-state index is 11.6. The van der Waals surface area contributed by atoms with Gasteiger partial charge in [-0.15, -0.1) is 0 Å². The zero-order chi connectivity index (χ0) is 16.7. The lowest BCUT2D eigenvalue weighted by Crippen LogP contribution is -2.28. The van der Waals surface area contributed by atoms with Crippen molar-refractivity contribution < 1.29 is 29.0 Å². The van der Waals surface area contributed by atoms with Crippen LogP contribution in [-0.2, 0) is 24.2 Å². The number of anilines is 1. The molecule has 0 aliphatic heterocycles. The first-order chi connectivity index (χ1) is 10.4. The van der Waals surface area contributed by atoms with Crippen LogP contribution in [0.5, 0.6) is 0 Å². The van der Waals surface area contributed by atoms with Crippen molar-refractivity contribution in [2.24, 2.45) is 5.73 Å². The standard InChI is InChI=1S/C14H18N2O6/c1-4-11(20-9(3)17)14(19)21-22-16-10-7-5-6-8(2)12(10)13(15)18/h5-7,11,16H,4H2,1-3H3,(H2,15,18). The van der Waals surface area contributed by atoms with Gasteiger partial charge in [0.15, 0.2) is 0 Å². The highest BCUT2D eigenvalue weighted by Gasteiger charge is 2.22. The number of benzene rings is 1. The Morgan fingerprint density at radius 1 is 1.32 bits per heavy atom. The van der Waals surface area contributed by atoms with Crippen LogP contribution in [0.15, 0.2) is 18.2 Å². The van der Waals surface area contributed by atoms with Crippen molar-refractivity contribution in [3.05, 3.63) is 29.3 Å². The number of aryl methyl sites for hydroxylation is 1. The molecule has 8 nitrogen and oxygen atoms in total. The Kier molecular flexibility index (Phi) is 6.33. The van der Waals surface area contributed by atoms with Crippen molar-refractivity contribution in [2.45, 2.75) is 33.3 Å². The van der Waals surface area contributed by atoms with Crippen LogP contribution in [0.2, 0.25) is 0 Å². The van der Waals surface area contributed by atoms with E-state index in [0.717, 1.165) is 0 Å². The van der Waals surface area contributed by atoms with Gasteiger partial charge in [0.05, 0.1) is 11.3 Å². The molecule has 0 aliphatic rings. The summed E-state index contributed by atoms with van der Waals surface area (Å²) in [6.07, 6.45) is -0.828. The van der Waals surface area contributed by atoms with Gasteiger partial charge in [0.25, 0.3) is 5.91 Å². The Morgan fingerprint density at radius 3 is 2.55 bits per heavy atom. The zero-order valence-electron chi connectivity index (χ0n) is 12.5. The molecule has 3 N–H and O–H groups in total. The lowest BCUT2D eigenvalue weighted by molar-refractivity contribution is -0.263.